The Labute approximate surface area is 201 Å². The SMILES string of the molecule is NCCCOc1ccc2cc(C(=O)NC[C@H](NCS(=O)(=O)c3ccccc3)C(=O)O)cc(=O)n2c1. The lowest BCUT2D eigenvalue weighted by Crippen LogP contribution is -2.47. The molecular formula is C23H26N4O7S. The van der Waals surface area contributed by atoms with Crippen LogP contribution in [0.4, 0.5) is 0 Å². The van der Waals surface area contributed by atoms with Gasteiger partial charge in [0.2, 0.25) is 0 Å². The minimum atomic E-state index is -3.77. The first-order valence-corrected chi connectivity index (χ1v) is 12.4. The number of nitrogens with one attached hydrogen (secondary N) is 2. The molecule has 2 aromatic heterocycles. The van der Waals surface area contributed by atoms with Crippen molar-refractivity contribution < 1.29 is 27.9 Å². The maximum absolute atomic E-state index is 12.6. The minimum absolute atomic E-state index is 0.0350. The van der Waals surface area contributed by atoms with Gasteiger partial charge in [-0.25, -0.2) is 8.42 Å². The first kappa shape index (κ1) is 25.9. The molecule has 3 rings (SSSR count). The van der Waals surface area contributed by atoms with Crippen molar-refractivity contribution in [3.8, 4) is 5.75 Å². The number of sulfone groups is 1. The summed E-state index contributed by atoms with van der Waals surface area (Å²) in [4.78, 5) is 36.7. The number of aromatic nitrogens is 1. The molecule has 5 N–H and O–H groups in total. The Morgan fingerprint density at radius 3 is 2.54 bits per heavy atom. The van der Waals surface area contributed by atoms with E-state index in [2.05, 4.69) is 10.6 Å². The number of hydrogen-bond donors (Lipinski definition) is 4. The number of carbonyl (C=O) groups excluding carboxylic acids is 1. The number of nitrogens with zero attached hydrogens (tertiary/aromatic N) is 1. The number of ether oxygens (including phenoxy) is 1. The Morgan fingerprint density at radius 1 is 1.11 bits per heavy atom. The quantitative estimate of drug-likeness (QED) is 0.253. The standard InChI is InChI=1S/C23H26N4O7S/c24-9-4-10-34-18-8-7-17-11-16(12-21(28)27(17)14-18)22(29)25-13-20(23(30)31)26-15-35(32,33)19-5-2-1-3-6-19/h1-3,5-8,11-12,14,20,26H,4,9-10,13,15,24H2,(H,25,29)(H,30,31)/t20-/m0/s1. The second kappa shape index (κ2) is 11.6. The molecule has 0 aliphatic heterocycles. The van der Waals surface area contributed by atoms with Crippen LogP contribution in [0.2, 0.25) is 0 Å². The summed E-state index contributed by atoms with van der Waals surface area (Å²) in [6.45, 7) is 0.488. The summed E-state index contributed by atoms with van der Waals surface area (Å²) >= 11 is 0. The molecule has 0 bridgehead atoms. The van der Waals surface area contributed by atoms with Crippen LogP contribution < -0.4 is 26.7 Å². The summed E-state index contributed by atoms with van der Waals surface area (Å²) in [5, 5.41) is 14.3. The van der Waals surface area contributed by atoms with E-state index in [1.807, 2.05) is 0 Å². The van der Waals surface area contributed by atoms with Gasteiger partial charge in [-0.3, -0.25) is 24.1 Å². The molecule has 0 unspecified atom stereocenters. The Morgan fingerprint density at radius 2 is 1.86 bits per heavy atom. The van der Waals surface area contributed by atoms with E-state index >= 15 is 0 Å². The highest BCUT2D eigenvalue weighted by Crippen LogP contribution is 2.13. The number of fused-ring (bicyclic) bond motifs is 1. The van der Waals surface area contributed by atoms with Gasteiger partial charge in [0.15, 0.2) is 9.84 Å². The first-order valence-electron chi connectivity index (χ1n) is 10.7. The zero-order chi connectivity index (χ0) is 25.4. The second-order valence-electron chi connectivity index (χ2n) is 7.61. The van der Waals surface area contributed by atoms with Crippen molar-refractivity contribution in [3.05, 3.63) is 76.7 Å². The number of carbonyl (C=O) groups is 2. The lowest BCUT2D eigenvalue weighted by Gasteiger charge is -2.16. The monoisotopic (exact) mass is 502 g/mol. The number of amides is 1. The molecule has 0 spiro atoms. The van der Waals surface area contributed by atoms with Crippen molar-refractivity contribution >= 4 is 27.2 Å². The summed E-state index contributed by atoms with van der Waals surface area (Å²) in [7, 11) is -3.77. The molecule has 1 amide bonds. The van der Waals surface area contributed by atoms with Gasteiger partial charge in [-0.15, -0.1) is 0 Å². The summed E-state index contributed by atoms with van der Waals surface area (Å²) in [5.74, 6) is -2.16. The van der Waals surface area contributed by atoms with Crippen LogP contribution in [0.3, 0.4) is 0 Å². The molecule has 3 aromatic rings. The summed E-state index contributed by atoms with van der Waals surface area (Å²) in [6, 6.07) is 12.1. The summed E-state index contributed by atoms with van der Waals surface area (Å²) in [5.41, 5.74) is 5.44. The highest BCUT2D eigenvalue weighted by atomic mass is 32.2. The van der Waals surface area contributed by atoms with Gasteiger partial charge < -0.3 is 20.9 Å². The van der Waals surface area contributed by atoms with E-state index in [-0.39, 0.29) is 10.5 Å². The average molecular weight is 503 g/mol. The fourth-order valence-electron chi connectivity index (χ4n) is 3.16. The molecule has 0 radical (unpaired) electrons. The Bertz CT molecular complexity index is 1360. The molecule has 0 fully saturated rings. The van der Waals surface area contributed by atoms with E-state index in [1.54, 1.807) is 30.3 Å². The molecule has 0 aliphatic carbocycles. The molecular weight excluding hydrogens is 476 g/mol. The number of pyridine rings is 2. The Hall–Kier alpha value is -3.74. The molecule has 1 aromatic carbocycles. The van der Waals surface area contributed by atoms with Crippen LogP contribution in [0, 0.1) is 0 Å². The van der Waals surface area contributed by atoms with Crippen molar-refractivity contribution in [2.24, 2.45) is 5.73 Å². The van der Waals surface area contributed by atoms with E-state index in [0.29, 0.717) is 30.8 Å². The largest absolute Gasteiger partial charge is 0.492 e. The number of aliphatic carboxylic acids is 1. The zero-order valence-corrected chi connectivity index (χ0v) is 19.5. The van der Waals surface area contributed by atoms with E-state index in [0.717, 1.165) is 6.07 Å². The van der Waals surface area contributed by atoms with Crippen molar-refractivity contribution in [2.75, 3.05) is 25.6 Å². The van der Waals surface area contributed by atoms with Crippen molar-refractivity contribution in [3.63, 3.8) is 0 Å². The van der Waals surface area contributed by atoms with Gasteiger partial charge in [0.25, 0.3) is 11.5 Å². The molecule has 2 heterocycles. The number of carboxylic acid groups (broad SMARTS) is 1. The predicted octanol–water partition coefficient (Wildman–Crippen LogP) is 0.231. The second-order valence-corrected chi connectivity index (χ2v) is 9.60. The molecule has 11 nitrogen and oxygen atoms in total. The van der Waals surface area contributed by atoms with Crippen LogP contribution in [0.1, 0.15) is 16.8 Å². The van der Waals surface area contributed by atoms with E-state index < -0.39 is 45.7 Å². The highest BCUT2D eigenvalue weighted by Gasteiger charge is 2.22. The van der Waals surface area contributed by atoms with Crippen LogP contribution in [-0.4, -0.2) is 61.4 Å². The third-order valence-electron chi connectivity index (χ3n) is 5.04. The van der Waals surface area contributed by atoms with Crippen molar-refractivity contribution in [2.45, 2.75) is 17.4 Å². The van der Waals surface area contributed by atoms with Crippen molar-refractivity contribution in [1.29, 1.82) is 0 Å². The Kier molecular flexibility index (Phi) is 8.58. The van der Waals surface area contributed by atoms with Crippen LogP contribution in [0.5, 0.6) is 5.75 Å². The fraction of sp³-hybridized carbons (Fsp3) is 0.261. The molecule has 0 saturated heterocycles. The number of rotatable bonds is 12. The van der Waals surface area contributed by atoms with Crippen LogP contribution >= 0.6 is 0 Å². The molecule has 12 heteroatoms. The first-order chi connectivity index (χ1) is 16.7. The van der Waals surface area contributed by atoms with Gasteiger partial charge in [0, 0.05) is 23.7 Å². The summed E-state index contributed by atoms with van der Waals surface area (Å²) in [6.07, 6.45) is 2.17. The predicted molar refractivity (Wildman–Crippen MR) is 128 cm³/mol. The maximum atomic E-state index is 12.6. The van der Waals surface area contributed by atoms with E-state index in [9.17, 15) is 27.9 Å². The topological polar surface area (TPSA) is 169 Å². The molecule has 35 heavy (non-hydrogen) atoms. The third kappa shape index (κ3) is 6.88. The molecule has 0 aliphatic rings. The molecule has 186 valence electrons. The van der Waals surface area contributed by atoms with Gasteiger partial charge >= 0.3 is 5.97 Å². The zero-order valence-electron chi connectivity index (χ0n) is 18.7. The highest BCUT2D eigenvalue weighted by molar-refractivity contribution is 7.91. The number of benzene rings is 1. The van der Waals surface area contributed by atoms with Gasteiger partial charge in [-0.05, 0) is 43.3 Å². The fourth-order valence-corrected chi connectivity index (χ4v) is 4.32. The lowest BCUT2D eigenvalue weighted by molar-refractivity contribution is -0.139. The molecule has 0 saturated carbocycles. The van der Waals surface area contributed by atoms with E-state index in [4.69, 9.17) is 10.5 Å². The number of hydrogen-bond acceptors (Lipinski definition) is 8. The number of nitrogens with two attached hydrogens (primary N) is 1. The average Bonchev–Trinajstić information content (AvgIpc) is 2.84. The smallest absolute Gasteiger partial charge is 0.322 e. The van der Waals surface area contributed by atoms with E-state index in [1.165, 1.54) is 28.8 Å². The van der Waals surface area contributed by atoms with Crippen molar-refractivity contribution in [1.82, 2.24) is 15.0 Å². The van der Waals surface area contributed by atoms with Crippen LogP contribution in [0.25, 0.3) is 5.52 Å². The molecule has 1 atom stereocenters. The third-order valence-corrected chi connectivity index (χ3v) is 6.58. The van der Waals surface area contributed by atoms with Gasteiger partial charge in [-0.2, -0.15) is 0 Å². The minimum Gasteiger partial charge on any atom is -0.492 e. The van der Waals surface area contributed by atoms with Gasteiger partial charge in [0.1, 0.15) is 17.7 Å². The van der Waals surface area contributed by atoms with Crippen LogP contribution in [0.15, 0.2) is 70.5 Å². The van der Waals surface area contributed by atoms with Gasteiger partial charge in [0.05, 0.1) is 17.7 Å². The Balaban J connectivity index is 1.66. The summed E-state index contributed by atoms with van der Waals surface area (Å²) < 4.78 is 31.6. The normalized spacial score (nSPS) is 12.3. The number of carboxylic acids is 1. The van der Waals surface area contributed by atoms with Gasteiger partial charge in [-0.1, -0.05) is 18.2 Å². The lowest BCUT2D eigenvalue weighted by atomic mass is 10.2. The maximum Gasteiger partial charge on any atom is 0.322 e. The van der Waals surface area contributed by atoms with Crippen LogP contribution in [-0.2, 0) is 14.6 Å².